The van der Waals surface area contributed by atoms with Crippen LogP contribution in [0, 0.1) is 0 Å². The largest absolute Gasteiger partial charge is 0.351 e. The first kappa shape index (κ1) is 19.1. The molecule has 0 bridgehead atoms. The van der Waals surface area contributed by atoms with Crippen molar-refractivity contribution in [3.8, 4) is 0 Å². The maximum Gasteiger partial charge on any atom is 0.316 e. The lowest BCUT2D eigenvalue weighted by molar-refractivity contribution is 0.0996. The molecule has 4 N–H and O–H groups in total. The third-order valence-electron chi connectivity index (χ3n) is 3.93. The lowest BCUT2D eigenvalue weighted by Gasteiger charge is -2.10. The summed E-state index contributed by atoms with van der Waals surface area (Å²) in [6.07, 6.45) is 0. The van der Waals surface area contributed by atoms with Gasteiger partial charge in [0.05, 0.1) is 5.56 Å². The fraction of sp³-hybridized carbons (Fsp3) is 0. The van der Waals surface area contributed by atoms with Crippen LogP contribution in [-0.2, 0) is 0 Å². The van der Waals surface area contributed by atoms with E-state index in [1.165, 1.54) is 0 Å². The number of anilines is 2. The van der Waals surface area contributed by atoms with Crippen molar-refractivity contribution in [2.45, 2.75) is 0 Å². The highest BCUT2D eigenvalue weighted by Gasteiger charge is 2.18. The van der Waals surface area contributed by atoms with Crippen LogP contribution in [0.1, 0.15) is 26.3 Å². The summed E-state index contributed by atoms with van der Waals surface area (Å²) < 4.78 is 0. The number of halogens is 1. The quantitative estimate of drug-likeness (QED) is 0.563. The minimum atomic E-state index is -0.675. The Hall–Kier alpha value is -3.64. The summed E-state index contributed by atoms with van der Waals surface area (Å²) in [6.45, 7) is 0. The monoisotopic (exact) mass is 393 g/mol. The number of urea groups is 1. The second kappa shape index (κ2) is 8.37. The number of amides is 3. The van der Waals surface area contributed by atoms with Gasteiger partial charge < -0.3 is 16.4 Å². The molecule has 3 aromatic carbocycles. The van der Waals surface area contributed by atoms with Crippen molar-refractivity contribution in [3.05, 3.63) is 94.5 Å². The van der Waals surface area contributed by atoms with E-state index in [1.807, 2.05) is 0 Å². The maximum atomic E-state index is 12.8. The molecular weight excluding hydrogens is 378 g/mol. The van der Waals surface area contributed by atoms with Gasteiger partial charge in [-0.2, -0.15) is 0 Å². The predicted molar refractivity (Wildman–Crippen MR) is 109 cm³/mol. The molecule has 0 aliphatic heterocycles. The number of ketones is 1. The van der Waals surface area contributed by atoms with E-state index in [2.05, 4.69) is 10.6 Å². The molecule has 0 spiro atoms. The predicted octanol–water partition coefficient (Wildman–Crippen LogP) is 4.31. The minimum absolute atomic E-state index is 0.252. The first-order valence-electron chi connectivity index (χ1n) is 8.31. The van der Waals surface area contributed by atoms with Crippen LogP contribution in [0.25, 0.3) is 0 Å². The fourth-order valence-corrected chi connectivity index (χ4v) is 2.74. The standard InChI is InChI=1S/C21H16ClN3O3/c22-14-7-5-13(6-8-14)19(26)17-3-1-2-4-18(17)20(27)24-15-9-11-16(12-10-15)25-21(23)28/h1-12H,(H,24,27)(H3,23,25,28). The zero-order valence-electron chi connectivity index (χ0n) is 14.6. The molecule has 7 heteroatoms. The molecule has 0 atom stereocenters. The normalized spacial score (nSPS) is 10.2. The Kier molecular flexibility index (Phi) is 5.72. The summed E-state index contributed by atoms with van der Waals surface area (Å²) in [4.78, 5) is 36.4. The third-order valence-corrected chi connectivity index (χ3v) is 4.19. The molecule has 3 amide bonds. The minimum Gasteiger partial charge on any atom is -0.351 e. The Morgan fingerprint density at radius 2 is 1.25 bits per heavy atom. The van der Waals surface area contributed by atoms with Crippen molar-refractivity contribution in [1.82, 2.24) is 0 Å². The molecule has 3 aromatic rings. The summed E-state index contributed by atoms with van der Waals surface area (Å²) in [5.41, 5.74) is 7.05. The van der Waals surface area contributed by atoms with Gasteiger partial charge in [0, 0.05) is 27.5 Å². The summed E-state index contributed by atoms with van der Waals surface area (Å²) in [6, 6.07) is 18.8. The molecular formula is C21H16ClN3O3. The average molecular weight is 394 g/mol. The van der Waals surface area contributed by atoms with E-state index >= 15 is 0 Å². The number of carbonyl (C=O) groups is 3. The van der Waals surface area contributed by atoms with E-state index in [9.17, 15) is 14.4 Å². The number of benzene rings is 3. The van der Waals surface area contributed by atoms with E-state index < -0.39 is 11.9 Å². The Bertz CT molecular complexity index is 1030. The number of primary amides is 1. The van der Waals surface area contributed by atoms with E-state index in [0.29, 0.717) is 22.0 Å². The molecule has 0 radical (unpaired) electrons. The van der Waals surface area contributed by atoms with Gasteiger partial charge >= 0.3 is 6.03 Å². The van der Waals surface area contributed by atoms with Gasteiger partial charge in [0.15, 0.2) is 5.78 Å². The van der Waals surface area contributed by atoms with Crippen molar-refractivity contribution >= 4 is 40.7 Å². The van der Waals surface area contributed by atoms with Crippen LogP contribution in [0.3, 0.4) is 0 Å². The summed E-state index contributed by atoms with van der Waals surface area (Å²) in [7, 11) is 0. The molecule has 0 saturated carbocycles. The second-order valence-electron chi connectivity index (χ2n) is 5.90. The number of hydrogen-bond donors (Lipinski definition) is 3. The molecule has 3 rings (SSSR count). The lowest BCUT2D eigenvalue weighted by Crippen LogP contribution is -2.19. The molecule has 0 heterocycles. The molecule has 28 heavy (non-hydrogen) atoms. The van der Waals surface area contributed by atoms with E-state index in [-0.39, 0.29) is 16.9 Å². The number of nitrogens with one attached hydrogen (secondary N) is 2. The molecule has 6 nitrogen and oxygen atoms in total. The van der Waals surface area contributed by atoms with Crippen LogP contribution in [-0.4, -0.2) is 17.7 Å². The summed E-state index contributed by atoms with van der Waals surface area (Å²) in [5, 5.41) is 5.70. The number of carbonyl (C=O) groups excluding carboxylic acids is 3. The Morgan fingerprint density at radius 1 is 0.714 bits per heavy atom. The fourth-order valence-electron chi connectivity index (χ4n) is 2.61. The van der Waals surface area contributed by atoms with Crippen molar-refractivity contribution in [2.24, 2.45) is 5.73 Å². The number of rotatable bonds is 5. The molecule has 0 aliphatic rings. The van der Waals surface area contributed by atoms with E-state index in [1.54, 1.807) is 72.8 Å². The SMILES string of the molecule is NC(=O)Nc1ccc(NC(=O)c2ccccc2C(=O)c2ccc(Cl)cc2)cc1. The molecule has 0 fully saturated rings. The van der Waals surface area contributed by atoms with Crippen molar-refractivity contribution in [3.63, 3.8) is 0 Å². The van der Waals surface area contributed by atoms with Gasteiger partial charge in [0.1, 0.15) is 0 Å². The average Bonchev–Trinajstić information content (AvgIpc) is 2.69. The van der Waals surface area contributed by atoms with Gasteiger partial charge in [-0.25, -0.2) is 4.79 Å². The van der Waals surface area contributed by atoms with Crippen LogP contribution in [0.2, 0.25) is 5.02 Å². The Morgan fingerprint density at radius 3 is 1.82 bits per heavy atom. The first-order valence-corrected chi connectivity index (χ1v) is 8.69. The molecule has 0 aromatic heterocycles. The topological polar surface area (TPSA) is 101 Å². The maximum absolute atomic E-state index is 12.8. The highest BCUT2D eigenvalue weighted by Crippen LogP contribution is 2.19. The van der Waals surface area contributed by atoms with Crippen LogP contribution in [0.4, 0.5) is 16.2 Å². The van der Waals surface area contributed by atoms with Crippen LogP contribution >= 0.6 is 11.6 Å². The second-order valence-corrected chi connectivity index (χ2v) is 6.34. The zero-order valence-corrected chi connectivity index (χ0v) is 15.4. The first-order chi connectivity index (χ1) is 13.4. The summed E-state index contributed by atoms with van der Waals surface area (Å²) in [5.74, 6) is -0.697. The summed E-state index contributed by atoms with van der Waals surface area (Å²) >= 11 is 5.87. The zero-order chi connectivity index (χ0) is 20.1. The van der Waals surface area contributed by atoms with Crippen LogP contribution in [0.15, 0.2) is 72.8 Å². The van der Waals surface area contributed by atoms with E-state index in [4.69, 9.17) is 17.3 Å². The Labute approximate surface area is 166 Å². The van der Waals surface area contributed by atoms with Gasteiger partial charge in [-0.05, 0) is 54.6 Å². The smallest absolute Gasteiger partial charge is 0.316 e. The van der Waals surface area contributed by atoms with Crippen LogP contribution < -0.4 is 16.4 Å². The van der Waals surface area contributed by atoms with Gasteiger partial charge in [0.2, 0.25) is 0 Å². The van der Waals surface area contributed by atoms with Gasteiger partial charge in [-0.1, -0.05) is 29.8 Å². The van der Waals surface area contributed by atoms with Gasteiger partial charge in [-0.15, -0.1) is 0 Å². The van der Waals surface area contributed by atoms with E-state index in [0.717, 1.165) is 0 Å². The Balaban J connectivity index is 1.82. The molecule has 140 valence electrons. The number of hydrogen-bond acceptors (Lipinski definition) is 3. The molecule has 0 unspecified atom stereocenters. The van der Waals surface area contributed by atoms with Crippen molar-refractivity contribution in [2.75, 3.05) is 10.6 Å². The highest BCUT2D eigenvalue weighted by atomic mass is 35.5. The highest BCUT2D eigenvalue weighted by molar-refractivity contribution is 6.30. The van der Waals surface area contributed by atoms with Crippen molar-refractivity contribution < 1.29 is 14.4 Å². The number of nitrogens with two attached hydrogens (primary N) is 1. The lowest BCUT2D eigenvalue weighted by atomic mass is 9.98. The van der Waals surface area contributed by atoms with Gasteiger partial charge in [0.25, 0.3) is 5.91 Å². The molecule has 0 saturated heterocycles. The third kappa shape index (κ3) is 4.55. The van der Waals surface area contributed by atoms with Crippen molar-refractivity contribution in [1.29, 1.82) is 0 Å². The van der Waals surface area contributed by atoms with Crippen LogP contribution in [0.5, 0.6) is 0 Å². The molecule has 0 aliphatic carbocycles. The van der Waals surface area contributed by atoms with Gasteiger partial charge in [-0.3, -0.25) is 9.59 Å².